The first-order chi connectivity index (χ1) is 15.7. The van der Waals surface area contributed by atoms with Crippen molar-refractivity contribution in [2.24, 2.45) is 11.7 Å². The largest absolute Gasteiger partial charge is 0.328 e. The Kier molecular flexibility index (Phi) is 6.47. The molecule has 0 spiro atoms. The van der Waals surface area contributed by atoms with E-state index in [1.165, 1.54) is 13.0 Å². The average Bonchev–Trinajstić information content (AvgIpc) is 2.74. The fourth-order valence-electron chi connectivity index (χ4n) is 4.63. The highest BCUT2D eigenvalue weighted by molar-refractivity contribution is 6.03. The summed E-state index contributed by atoms with van der Waals surface area (Å²) >= 11 is 0. The van der Waals surface area contributed by atoms with Crippen LogP contribution in [-0.2, 0) is 0 Å². The Morgan fingerprint density at radius 2 is 1.79 bits per heavy atom. The van der Waals surface area contributed by atoms with Crippen molar-refractivity contribution in [2.45, 2.75) is 45.1 Å². The van der Waals surface area contributed by atoms with Crippen molar-refractivity contribution >= 4 is 11.6 Å². The fraction of sp³-hybridized carbons (Fsp3) is 0.320. The van der Waals surface area contributed by atoms with Crippen LogP contribution in [0, 0.1) is 30.3 Å². The van der Waals surface area contributed by atoms with E-state index in [9.17, 15) is 18.0 Å². The Morgan fingerprint density at radius 3 is 2.48 bits per heavy atom. The number of amides is 1. The second kappa shape index (κ2) is 9.31. The maximum absolute atomic E-state index is 14.4. The van der Waals surface area contributed by atoms with Gasteiger partial charge in [-0.3, -0.25) is 9.78 Å². The van der Waals surface area contributed by atoms with Gasteiger partial charge in [0.2, 0.25) is 0 Å². The first kappa shape index (κ1) is 22.9. The topological polar surface area (TPSA) is 80.9 Å². The molecule has 8 heteroatoms. The summed E-state index contributed by atoms with van der Waals surface area (Å²) in [4.78, 5) is 21.0. The number of aryl methyl sites for hydroxylation is 1. The summed E-state index contributed by atoms with van der Waals surface area (Å²) in [5.41, 5.74) is 6.64. The minimum Gasteiger partial charge on any atom is -0.328 e. The molecule has 5 nitrogen and oxygen atoms in total. The van der Waals surface area contributed by atoms with Crippen molar-refractivity contribution in [1.29, 1.82) is 0 Å². The van der Waals surface area contributed by atoms with Crippen LogP contribution in [0.5, 0.6) is 0 Å². The molecule has 0 bridgehead atoms. The molecule has 3 atom stereocenters. The molecule has 2 aromatic heterocycles. The first-order valence-corrected chi connectivity index (χ1v) is 10.9. The van der Waals surface area contributed by atoms with Gasteiger partial charge in [0.05, 0.1) is 17.4 Å². The second-order valence-corrected chi connectivity index (χ2v) is 8.82. The molecule has 1 aliphatic carbocycles. The van der Waals surface area contributed by atoms with Crippen LogP contribution in [0.15, 0.2) is 42.7 Å². The molecule has 4 rings (SSSR count). The Balaban J connectivity index is 1.64. The van der Waals surface area contributed by atoms with E-state index in [1.807, 2.05) is 6.07 Å². The Hall–Kier alpha value is -3.26. The Labute approximate surface area is 190 Å². The highest BCUT2D eigenvalue weighted by Gasteiger charge is 2.28. The molecular formula is C25H25F3N4O. The molecule has 1 saturated carbocycles. The summed E-state index contributed by atoms with van der Waals surface area (Å²) in [6.07, 6.45) is 5.89. The van der Waals surface area contributed by atoms with Crippen molar-refractivity contribution in [2.75, 3.05) is 5.32 Å². The third-order valence-electron chi connectivity index (χ3n) is 6.02. The molecule has 33 heavy (non-hydrogen) atoms. The van der Waals surface area contributed by atoms with Crippen LogP contribution in [0.4, 0.5) is 18.9 Å². The molecule has 2 heterocycles. The van der Waals surface area contributed by atoms with Gasteiger partial charge >= 0.3 is 0 Å². The normalized spacial score (nSPS) is 20.5. The average molecular weight is 454 g/mol. The number of benzene rings is 1. The number of pyridine rings is 2. The highest BCUT2D eigenvalue weighted by atomic mass is 19.1. The number of rotatable bonds is 4. The van der Waals surface area contributed by atoms with E-state index in [0.29, 0.717) is 17.2 Å². The van der Waals surface area contributed by atoms with Gasteiger partial charge in [-0.05, 0) is 79.5 Å². The monoisotopic (exact) mass is 454 g/mol. The van der Waals surface area contributed by atoms with Gasteiger partial charge in [0.25, 0.3) is 5.91 Å². The maximum Gasteiger partial charge on any atom is 0.274 e. The van der Waals surface area contributed by atoms with Crippen LogP contribution in [0.25, 0.3) is 11.3 Å². The van der Waals surface area contributed by atoms with Crippen molar-refractivity contribution in [1.82, 2.24) is 9.97 Å². The number of anilines is 1. The Bertz CT molecular complexity index is 1170. The zero-order chi connectivity index (χ0) is 23.7. The van der Waals surface area contributed by atoms with Crippen LogP contribution in [0.2, 0.25) is 0 Å². The van der Waals surface area contributed by atoms with Gasteiger partial charge in [0, 0.05) is 12.2 Å². The van der Waals surface area contributed by atoms with Gasteiger partial charge in [-0.15, -0.1) is 0 Å². The molecule has 1 amide bonds. The molecule has 3 unspecified atom stereocenters. The molecule has 1 aromatic carbocycles. The maximum atomic E-state index is 14.4. The lowest BCUT2D eigenvalue weighted by Gasteiger charge is -2.32. The molecule has 1 aliphatic rings. The SMILES string of the molecule is Cc1cc(F)c(-c2nc(C(=O)Nc3cnccc3C3CC(C)CC(N)C3)ccc2F)c(F)c1. The molecule has 172 valence electrons. The number of carbonyl (C=O) groups is 1. The minimum atomic E-state index is -0.950. The summed E-state index contributed by atoms with van der Waals surface area (Å²) in [5, 5.41) is 2.78. The number of nitrogens with two attached hydrogens (primary N) is 1. The summed E-state index contributed by atoms with van der Waals surface area (Å²) in [5.74, 6) is -2.85. The molecule has 0 aliphatic heterocycles. The van der Waals surface area contributed by atoms with Gasteiger partial charge < -0.3 is 11.1 Å². The number of aromatic nitrogens is 2. The van der Waals surface area contributed by atoms with Gasteiger partial charge in [-0.25, -0.2) is 18.2 Å². The number of carbonyl (C=O) groups excluding carboxylic acids is 1. The van der Waals surface area contributed by atoms with Crippen LogP contribution in [-0.4, -0.2) is 21.9 Å². The predicted octanol–water partition coefficient (Wildman–Crippen LogP) is 5.35. The van der Waals surface area contributed by atoms with Gasteiger partial charge in [0.1, 0.15) is 28.8 Å². The van der Waals surface area contributed by atoms with Crippen LogP contribution >= 0.6 is 0 Å². The summed E-state index contributed by atoms with van der Waals surface area (Å²) in [6.45, 7) is 3.67. The summed E-state index contributed by atoms with van der Waals surface area (Å²) in [7, 11) is 0. The smallest absolute Gasteiger partial charge is 0.274 e. The van der Waals surface area contributed by atoms with Crippen molar-refractivity contribution < 1.29 is 18.0 Å². The van der Waals surface area contributed by atoms with Crippen molar-refractivity contribution in [3.8, 4) is 11.3 Å². The second-order valence-electron chi connectivity index (χ2n) is 8.82. The number of hydrogen-bond acceptors (Lipinski definition) is 4. The third kappa shape index (κ3) is 4.90. The van der Waals surface area contributed by atoms with E-state index in [-0.39, 0.29) is 17.7 Å². The highest BCUT2D eigenvalue weighted by Crippen LogP contribution is 2.38. The lowest BCUT2D eigenvalue weighted by atomic mass is 9.76. The van der Waals surface area contributed by atoms with E-state index in [4.69, 9.17) is 5.73 Å². The quantitative estimate of drug-likeness (QED) is 0.557. The zero-order valence-corrected chi connectivity index (χ0v) is 18.4. The van der Waals surface area contributed by atoms with Crippen molar-refractivity contribution in [3.63, 3.8) is 0 Å². The standard InChI is InChI=1S/C25H25F3N4O/c1-13-7-15(11-16(29)8-13)17-5-6-30-12-22(17)32-25(33)21-4-3-18(26)24(31-21)23-19(27)9-14(2)10-20(23)28/h3-6,9-10,12-13,15-16H,7-8,11,29H2,1-2H3,(H,32,33). The van der Waals surface area contributed by atoms with Gasteiger partial charge in [-0.2, -0.15) is 0 Å². The zero-order valence-electron chi connectivity index (χ0n) is 18.4. The molecule has 0 radical (unpaired) electrons. The van der Waals surface area contributed by atoms with E-state index in [2.05, 4.69) is 22.2 Å². The fourth-order valence-corrected chi connectivity index (χ4v) is 4.63. The van der Waals surface area contributed by atoms with E-state index in [1.54, 1.807) is 12.4 Å². The summed E-state index contributed by atoms with van der Waals surface area (Å²) in [6, 6.07) is 6.25. The van der Waals surface area contributed by atoms with Crippen LogP contribution in [0.3, 0.4) is 0 Å². The molecular weight excluding hydrogens is 429 g/mol. The summed E-state index contributed by atoms with van der Waals surface area (Å²) < 4.78 is 43.3. The molecule has 3 aromatic rings. The Morgan fingerprint density at radius 1 is 1.06 bits per heavy atom. The number of hydrogen-bond donors (Lipinski definition) is 2. The van der Waals surface area contributed by atoms with Gasteiger partial charge in [-0.1, -0.05) is 6.92 Å². The lowest BCUT2D eigenvalue weighted by Crippen LogP contribution is -2.31. The van der Waals surface area contributed by atoms with Gasteiger partial charge in [0.15, 0.2) is 0 Å². The number of nitrogens with zero attached hydrogens (tertiary/aromatic N) is 2. The lowest BCUT2D eigenvalue weighted by molar-refractivity contribution is 0.102. The number of nitrogens with one attached hydrogen (secondary N) is 1. The van der Waals surface area contributed by atoms with E-state index >= 15 is 0 Å². The van der Waals surface area contributed by atoms with E-state index in [0.717, 1.165) is 43.0 Å². The predicted molar refractivity (Wildman–Crippen MR) is 120 cm³/mol. The minimum absolute atomic E-state index is 0.0797. The van der Waals surface area contributed by atoms with Crippen LogP contribution in [0.1, 0.15) is 53.7 Å². The third-order valence-corrected chi connectivity index (χ3v) is 6.02. The first-order valence-electron chi connectivity index (χ1n) is 10.9. The molecule has 3 N–H and O–H groups in total. The molecule has 1 fully saturated rings. The van der Waals surface area contributed by atoms with E-state index < -0.39 is 34.6 Å². The number of halogens is 3. The molecule has 0 saturated heterocycles. The van der Waals surface area contributed by atoms with Crippen LogP contribution < -0.4 is 11.1 Å². The van der Waals surface area contributed by atoms with Crippen molar-refractivity contribution in [3.05, 3.63) is 77.0 Å².